The van der Waals surface area contributed by atoms with Gasteiger partial charge in [-0.1, -0.05) is 23.7 Å². The Bertz CT molecular complexity index is 1310. The van der Waals surface area contributed by atoms with Crippen LogP contribution >= 0.6 is 11.6 Å². The summed E-state index contributed by atoms with van der Waals surface area (Å²) in [4.78, 5) is 32.9. The SMILES string of the molecule is COc1cccc(C(O)(C(=O)N(C)CC[C@H]2CC23CCN(c2ccc(C(=O)NC4CC4)c(Cl)n2)CC3)C(F)(F)F)c1. The first-order chi connectivity index (χ1) is 19.4. The van der Waals surface area contributed by atoms with Crippen LogP contribution in [0.1, 0.15) is 54.4 Å². The predicted octanol–water partition coefficient (Wildman–Crippen LogP) is 4.54. The van der Waals surface area contributed by atoms with Crippen LogP contribution in [0.2, 0.25) is 5.15 Å². The molecular formula is C29H34ClF3N4O4. The summed E-state index contributed by atoms with van der Waals surface area (Å²) in [6.07, 6.45) is 0.00623. The Morgan fingerprint density at radius 2 is 1.93 bits per heavy atom. The van der Waals surface area contributed by atoms with E-state index in [4.69, 9.17) is 16.3 Å². The van der Waals surface area contributed by atoms with Crippen molar-refractivity contribution in [1.82, 2.24) is 15.2 Å². The lowest BCUT2D eigenvalue weighted by molar-refractivity contribution is -0.261. The molecule has 1 spiro atoms. The van der Waals surface area contributed by atoms with Crippen molar-refractivity contribution in [3.8, 4) is 5.75 Å². The maximum absolute atomic E-state index is 14.1. The van der Waals surface area contributed by atoms with Crippen molar-refractivity contribution in [2.75, 3.05) is 38.7 Å². The van der Waals surface area contributed by atoms with Gasteiger partial charge in [-0.3, -0.25) is 9.59 Å². The fourth-order valence-corrected chi connectivity index (χ4v) is 6.11. The minimum absolute atomic E-state index is 0.0847. The smallest absolute Gasteiger partial charge is 0.430 e. The number of ether oxygens (including phenoxy) is 1. The number of alkyl halides is 3. The summed E-state index contributed by atoms with van der Waals surface area (Å²) in [6, 6.07) is 8.59. The average Bonchev–Trinajstić information content (AvgIpc) is 3.88. The molecular weight excluding hydrogens is 561 g/mol. The minimum atomic E-state index is -5.21. The first-order valence-corrected chi connectivity index (χ1v) is 14.2. The largest absolute Gasteiger partial charge is 0.497 e. The zero-order valence-electron chi connectivity index (χ0n) is 23.0. The summed E-state index contributed by atoms with van der Waals surface area (Å²) in [7, 11) is 2.59. The van der Waals surface area contributed by atoms with Crippen LogP contribution < -0.4 is 15.0 Å². The molecule has 0 radical (unpaired) electrons. The highest BCUT2D eigenvalue weighted by atomic mass is 35.5. The van der Waals surface area contributed by atoms with Gasteiger partial charge in [0, 0.05) is 38.3 Å². The van der Waals surface area contributed by atoms with Crippen LogP contribution in [0.3, 0.4) is 0 Å². The molecule has 8 nitrogen and oxygen atoms in total. The van der Waals surface area contributed by atoms with Crippen molar-refractivity contribution in [3.63, 3.8) is 0 Å². The van der Waals surface area contributed by atoms with Crippen LogP contribution in [0, 0.1) is 11.3 Å². The molecule has 0 bridgehead atoms. The average molecular weight is 595 g/mol. The van der Waals surface area contributed by atoms with E-state index >= 15 is 0 Å². The number of anilines is 1. The lowest BCUT2D eigenvalue weighted by Crippen LogP contribution is -2.55. The topological polar surface area (TPSA) is 95.0 Å². The highest BCUT2D eigenvalue weighted by Gasteiger charge is 2.62. The van der Waals surface area contributed by atoms with Crippen LogP contribution in [0.25, 0.3) is 0 Å². The van der Waals surface area contributed by atoms with E-state index in [-0.39, 0.29) is 40.7 Å². The lowest BCUT2D eigenvalue weighted by Gasteiger charge is -2.35. The number of amides is 2. The number of halogens is 4. The number of hydrogen-bond acceptors (Lipinski definition) is 6. The first-order valence-electron chi connectivity index (χ1n) is 13.8. The van der Waals surface area contributed by atoms with Gasteiger partial charge in [-0.2, -0.15) is 13.2 Å². The van der Waals surface area contributed by atoms with Gasteiger partial charge in [0.2, 0.25) is 0 Å². The number of nitrogens with zero attached hydrogens (tertiary/aromatic N) is 3. The molecule has 1 aliphatic heterocycles. The Balaban J connectivity index is 1.16. The molecule has 2 heterocycles. The number of carbonyl (C=O) groups is 2. The lowest BCUT2D eigenvalue weighted by atomic mass is 9.89. The number of aromatic nitrogens is 1. The first kappa shape index (κ1) is 29.4. The minimum Gasteiger partial charge on any atom is -0.497 e. The molecule has 1 aromatic heterocycles. The van der Waals surface area contributed by atoms with Crippen molar-refractivity contribution in [2.45, 2.75) is 56.3 Å². The number of aliphatic hydroxyl groups is 1. The van der Waals surface area contributed by atoms with E-state index < -0.39 is 23.2 Å². The standard InChI is InChI=1S/C29H34ClF3N4O4/c1-36(26(39)28(40,29(31,32)33)18-4-3-5-21(16-18)41-2)13-10-19-17-27(19)11-14-37(15-12-27)23-9-8-22(24(30)35-23)25(38)34-20-6-7-20/h3-5,8-9,16,19-20,40H,6-7,10-15,17H2,1-2H3,(H,34,38)/t19-,28?/m0/s1. The van der Waals surface area contributed by atoms with Crippen molar-refractivity contribution in [3.05, 3.63) is 52.7 Å². The Morgan fingerprint density at radius 3 is 2.54 bits per heavy atom. The summed E-state index contributed by atoms with van der Waals surface area (Å²) in [6.45, 7) is 1.58. The van der Waals surface area contributed by atoms with Gasteiger partial charge in [-0.25, -0.2) is 4.98 Å². The third kappa shape index (κ3) is 5.83. The second kappa shape index (κ2) is 11.0. The summed E-state index contributed by atoms with van der Waals surface area (Å²) < 4.78 is 47.2. The number of nitrogens with one attached hydrogen (secondary N) is 1. The van der Waals surface area contributed by atoms with E-state index in [0.717, 1.165) is 62.2 Å². The Labute approximate surface area is 241 Å². The zero-order chi connectivity index (χ0) is 29.6. The van der Waals surface area contributed by atoms with Crippen molar-refractivity contribution in [2.24, 2.45) is 11.3 Å². The Hall–Kier alpha value is -3.05. The van der Waals surface area contributed by atoms with Gasteiger partial charge >= 0.3 is 6.18 Å². The quantitative estimate of drug-likeness (QED) is 0.414. The molecule has 2 atom stereocenters. The molecule has 2 aromatic rings. The Morgan fingerprint density at radius 1 is 1.22 bits per heavy atom. The van der Waals surface area contributed by atoms with E-state index in [9.17, 15) is 27.9 Å². The van der Waals surface area contributed by atoms with E-state index in [1.807, 2.05) is 0 Å². The van der Waals surface area contributed by atoms with Gasteiger partial charge in [0.25, 0.3) is 17.4 Å². The summed E-state index contributed by atoms with van der Waals surface area (Å²) in [5.41, 5.74) is -3.81. The zero-order valence-corrected chi connectivity index (χ0v) is 23.8. The van der Waals surface area contributed by atoms with Crippen LogP contribution in [0.4, 0.5) is 19.0 Å². The summed E-state index contributed by atoms with van der Waals surface area (Å²) in [5.74, 6) is -0.532. The molecule has 41 heavy (non-hydrogen) atoms. The summed E-state index contributed by atoms with van der Waals surface area (Å²) in [5, 5.41) is 13.8. The fraction of sp³-hybridized carbons (Fsp3) is 0.552. The predicted molar refractivity (Wildman–Crippen MR) is 147 cm³/mol. The van der Waals surface area contributed by atoms with Crippen LogP contribution in [-0.4, -0.2) is 72.8 Å². The van der Waals surface area contributed by atoms with Crippen molar-refractivity contribution < 1.29 is 32.6 Å². The van der Waals surface area contributed by atoms with Gasteiger partial charge in [0.05, 0.1) is 12.7 Å². The van der Waals surface area contributed by atoms with Gasteiger partial charge in [-0.05, 0) is 74.1 Å². The molecule has 1 saturated heterocycles. The Kier molecular flexibility index (Phi) is 7.88. The second-order valence-electron chi connectivity index (χ2n) is 11.5. The van der Waals surface area contributed by atoms with Gasteiger partial charge < -0.3 is 25.0 Å². The van der Waals surface area contributed by atoms with E-state index in [0.29, 0.717) is 17.8 Å². The molecule has 5 rings (SSSR count). The normalized spacial score (nSPS) is 21.2. The van der Waals surface area contributed by atoms with Gasteiger partial charge in [0.1, 0.15) is 16.7 Å². The molecule has 3 fully saturated rings. The molecule has 12 heteroatoms. The number of benzene rings is 1. The summed E-state index contributed by atoms with van der Waals surface area (Å²) >= 11 is 6.32. The number of pyridine rings is 1. The van der Waals surface area contributed by atoms with E-state index in [1.54, 1.807) is 12.1 Å². The van der Waals surface area contributed by atoms with Crippen LogP contribution in [0.5, 0.6) is 5.75 Å². The van der Waals surface area contributed by atoms with Crippen LogP contribution in [-0.2, 0) is 10.4 Å². The second-order valence-corrected chi connectivity index (χ2v) is 11.8. The number of carbonyl (C=O) groups excluding carboxylic acids is 2. The number of rotatable bonds is 9. The molecule has 2 amide bonds. The third-order valence-corrected chi connectivity index (χ3v) is 9.09. The molecule has 3 aliphatic rings. The number of likely N-dealkylation sites (N-methyl/N-ethyl adjacent to an activating group) is 1. The molecule has 1 unspecified atom stereocenters. The highest BCUT2D eigenvalue weighted by molar-refractivity contribution is 6.32. The monoisotopic (exact) mass is 594 g/mol. The fourth-order valence-electron chi connectivity index (χ4n) is 5.88. The molecule has 2 saturated carbocycles. The van der Waals surface area contributed by atoms with E-state index in [1.165, 1.54) is 26.3 Å². The number of methoxy groups -OCH3 is 1. The van der Waals surface area contributed by atoms with Crippen LogP contribution in [0.15, 0.2) is 36.4 Å². The highest BCUT2D eigenvalue weighted by Crippen LogP contribution is 2.61. The molecule has 2 aliphatic carbocycles. The molecule has 222 valence electrons. The maximum Gasteiger partial charge on any atom is 0.430 e. The molecule has 1 aromatic carbocycles. The van der Waals surface area contributed by atoms with Gasteiger partial charge in [-0.15, -0.1) is 0 Å². The van der Waals surface area contributed by atoms with Gasteiger partial charge in [0.15, 0.2) is 0 Å². The molecule has 2 N–H and O–H groups in total. The van der Waals surface area contributed by atoms with Crippen molar-refractivity contribution >= 4 is 29.2 Å². The van der Waals surface area contributed by atoms with E-state index in [2.05, 4.69) is 15.2 Å². The number of hydrogen-bond donors (Lipinski definition) is 2. The number of piperidine rings is 1. The maximum atomic E-state index is 14.1. The van der Waals surface area contributed by atoms with Crippen molar-refractivity contribution in [1.29, 1.82) is 0 Å². The third-order valence-electron chi connectivity index (χ3n) is 8.80.